The van der Waals surface area contributed by atoms with Crippen LogP contribution >= 0.6 is 22.6 Å². The minimum Gasteiger partial charge on any atom is -0.504 e. The summed E-state index contributed by atoms with van der Waals surface area (Å²) in [7, 11) is 1.62. The van der Waals surface area contributed by atoms with Gasteiger partial charge in [-0.1, -0.05) is 40.8 Å². The van der Waals surface area contributed by atoms with Gasteiger partial charge in [0.05, 0.1) is 13.4 Å². The fraction of sp³-hybridized carbons (Fsp3) is 0.143. The van der Waals surface area contributed by atoms with Gasteiger partial charge in [-0.05, 0) is 10.2 Å². The molecule has 0 heterocycles. The van der Waals surface area contributed by atoms with Crippen molar-refractivity contribution < 1.29 is 4.74 Å². The standard InChI is InChI=1S/C7H9IO/c1-9-7-5-3-2-4-6-8/h2-7H,1H3/b3-2+,6-4+,7-5+. The minimum atomic E-state index is 1.62. The van der Waals surface area contributed by atoms with Gasteiger partial charge in [-0.3, -0.25) is 0 Å². The third kappa shape index (κ3) is 7.75. The average Bonchev–Trinajstić information content (AvgIpc) is 1.89. The van der Waals surface area contributed by atoms with Crippen molar-refractivity contribution in [2.45, 2.75) is 0 Å². The molecule has 0 saturated heterocycles. The van der Waals surface area contributed by atoms with E-state index in [9.17, 15) is 0 Å². The topological polar surface area (TPSA) is 9.23 Å². The van der Waals surface area contributed by atoms with E-state index in [1.807, 2.05) is 28.4 Å². The molecule has 0 aliphatic heterocycles. The van der Waals surface area contributed by atoms with Crippen LogP contribution in [0.2, 0.25) is 0 Å². The number of halogens is 1. The van der Waals surface area contributed by atoms with E-state index in [2.05, 4.69) is 27.3 Å². The minimum absolute atomic E-state index is 1.62. The van der Waals surface area contributed by atoms with Gasteiger partial charge in [-0.25, -0.2) is 0 Å². The Kier molecular flexibility index (Phi) is 7.53. The van der Waals surface area contributed by atoms with Crippen molar-refractivity contribution in [1.82, 2.24) is 0 Å². The van der Waals surface area contributed by atoms with Gasteiger partial charge in [0.25, 0.3) is 0 Å². The molecule has 0 bridgehead atoms. The first kappa shape index (κ1) is 8.75. The SMILES string of the molecule is CO/C=C/C=C/C=C/I. The third-order valence-corrected chi connectivity index (χ3v) is 1.04. The van der Waals surface area contributed by atoms with Crippen molar-refractivity contribution in [2.24, 2.45) is 0 Å². The quantitative estimate of drug-likeness (QED) is 0.415. The Balaban J connectivity index is 3.35. The molecule has 0 fully saturated rings. The number of ether oxygens (including phenoxy) is 1. The van der Waals surface area contributed by atoms with E-state index < -0.39 is 0 Å². The zero-order chi connectivity index (χ0) is 6.95. The molecule has 0 aromatic heterocycles. The van der Waals surface area contributed by atoms with Crippen LogP contribution in [-0.4, -0.2) is 7.11 Å². The van der Waals surface area contributed by atoms with Crippen LogP contribution in [0, 0.1) is 0 Å². The lowest BCUT2D eigenvalue weighted by atomic mass is 10.5. The summed E-state index contributed by atoms with van der Waals surface area (Å²) in [6.45, 7) is 0. The molecule has 0 aliphatic carbocycles. The molecule has 0 rings (SSSR count). The number of hydrogen-bond donors (Lipinski definition) is 0. The Hall–Kier alpha value is -0.250. The molecule has 0 N–H and O–H groups in total. The lowest BCUT2D eigenvalue weighted by molar-refractivity contribution is 0.338. The third-order valence-electron chi connectivity index (χ3n) is 0.621. The predicted molar refractivity (Wildman–Crippen MR) is 48.4 cm³/mol. The smallest absolute Gasteiger partial charge is 0.0824 e. The second-order valence-electron chi connectivity index (χ2n) is 1.27. The lowest BCUT2D eigenvalue weighted by Gasteiger charge is -1.79. The molecule has 0 aromatic carbocycles. The number of allylic oxidation sites excluding steroid dienone is 4. The van der Waals surface area contributed by atoms with Gasteiger partial charge in [-0.2, -0.15) is 0 Å². The van der Waals surface area contributed by atoms with Crippen molar-refractivity contribution >= 4 is 22.6 Å². The molecule has 0 saturated carbocycles. The van der Waals surface area contributed by atoms with E-state index in [-0.39, 0.29) is 0 Å². The molecule has 0 radical (unpaired) electrons. The maximum atomic E-state index is 4.66. The molecule has 0 unspecified atom stereocenters. The van der Waals surface area contributed by atoms with Gasteiger partial charge in [0.15, 0.2) is 0 Å². The Labute approximate surface area is 69.2 Å². The lowest BCUT2D eigenvalue weighted by Crippen LogP contribution is -1.60. The molecule has 0 spiro atoms. The van der Waals surface area contributed by atoms with Crippen LogP contribution in [0.5, 0.6) is 0 Å². The maximum Gasteiger partial charge on any atom is 0.0824 e. The molecule has 2 heteroatoms. The van der Waals surface area contributed by atoms with E-state index in [0.717, 1.165) is 0 Å². The van der Waals surface area contributed by atoms with Gasteiger partial charge in [0.2, 0.25) is 0 Å². The maximum absolute atomic E-state index is 4.66. The first-order valence-electron chi connectivity index (χ1n) is 2.53. The molecule has 9 heavy (non-hydrogen) atoms. The van der Waals surface area contributed by atoms with Crippen molar-refractivity contribution in [2.75, 3.05) is 7.11 Å². The molecule has 1 nitrogen and oxygen atoms in total. The largest absolute Gasteiger partial charge is 0.504 e. The summed E-state index contributed by atoms with van der Waals surface area (Å²) in [5.41, 5.74) is 0. The van der Waals surface area contributed by atoms with Crippen LogP contribution in [0.25, 0.3) is 0 Å². The van der Waals surface area contributed by atoms with Gasteiger partial charge in [0.1, 0.15) is 0 Å². The summed E-state index contributed by atoms with van der Waals surface area (Å²) in [4.78, 5) is 0. The Morgan fingerprint density at radius 1 is 1.11 bits per heavy atom. The molecule has 50 valence electrons. The molecule has 0 aliphatic rings. The van der Waals surface area contributed by atoms with Crippen LogP contribution in [0.4, 0.5) is 0 Å². The Morgan fingerprint density at radius 2 is 1.78 bits per heavy atom. The zero-order valence-electron chi connectivity index (χ0n) is 5.25. The number of rotatable bonds is 3. The summed E-state index contributed by atoms with van der Waals surface area (Å²) in [5.74, 6) is 0. The van der Waals surface area contributed by atoms with Crippen molar-refractivity contribution in [3.63, 3.8) is 0 Å². The number of methoxy groups -OCH3 is 1. The highest BCUT2D eigenvalue weighted by Crippen LogP contribution is 1.85. The van der Waals surface area contributed by atoms with Crippen LogP contribution in [-0.2, 0) is 4.74 Å². The summed E-state index contributed by atoms with van der Waals surface area (Å²) in [5, 5.41) is 0. The van der Waals surface area contributed by atoms with Gasteiger partial charge in [0, 0.05) is 0 Å². The van der Waals surface area contributed by atoms with Crippen molar-refractivity contribution in [3.05, 3.63) is 34.6 Å². The van der Waals surface area contributed by atoms with Crippen molar-refractivity contribution in [1.29, 1.82) is 0 Å². The fourth-order valence-corrected chi connectivity index (χ4v) is 0.534. The summed E-state index contributed by atoms with van der Waals surface area (Å²) in [6.07, 6.45) is 9.23. The van der Waals surface area contributed by atoms with Crippen LogP contribution in [0.1, 0.15) is 0 Å². The highest BCUT2D eigenvalue weighted by Gasteiger charge is 1.59. The second kappa shape index (κ2) is 7.75. The van der Waals surface area contributed by atoms with E-state index in [4.69, 9.17) is 0 Å². The van der Waals surface area contributed by atoms with Gasteiger partial charge >= 0.3 is 0 Å². The molecule has 0 atom stereocenters. The van der Waals surface area contributed by atoms with E-state index >= 15 is 0 Å². The predicted octanol–water partition coefficient (Wildman–Crippen LogP) is 2.65. The molecule has 0 amide bonds. The normalized spacial score (nSPS) is 12.2. The van der Waals surface area contributed by atoms with Crippen molar-refractivity contribution in [3.8, 4) is 0 Å². The first-order chi connectivity index (χ1) is 4.41. The monoisotopic (exact) mass is 236 g/mol. The van der Waals surface area contributed by atoms with E-state index in [1.165, 1.54) is 0 Å². The highest BCUT2D eigenvalue weighted by molar-refractivity contribution is 14.1. The highest BCUT2D eigenvalue weighted by atomic mass is 127. The zero-order valence-corrected chi connectivity index (χ0v) is 7.41. The average molecular weight is 236 g/mol. The molecule has 0 aromatic rings. The first-order valence-corrected chi connectivity index (χ1v) is 3.77. The van der Waals surface area contributed by atoms with Gasteiger partial charge < -0.3 is 4.74 Å². The Morgan fingerprint density at radius 3 is 2.33 bits per heavy atom. The van der Waals surface area contributed by atoms with Crippen LogP contribution in [0.15, 0.2) is 34.6 Å². The summed E-state index contributed by atoms with van der Waals surface area (Å²) >= 11 is 2.16. The summed E-state index contributed by atoms with van der Waals surface area (Å²) in [6, 6.07) is 0. The summed E-state index contributed by atoms with van der Waals surface area (Å²) < 4.78 is 6.60. The van der Waals surface area contributed by atoms with E-state index in [0.29, 0.717) is 0 Å². The van der Waals surface area contributed by atoms with Gasteiger partial charge in [-0.15, -0.1) is 0 Å². The Bertz CT molecular complexity index is 125. The fourth-order valence-electron chi connectivity index (χ4n) is 0.294. The van der Waals surface area contributed by atoms with Crippen LogP contribution in [0.3, 0.4) is 0 Å². The van der Waals surface area contributed by atoms with E-state index in [1.54, 1.807) is 13.4 Å². The second-order valence-corrected chi connectivity index (χ2v) is 1.99. The molecular formula is C7H9IO. The number of hydrogen-bond acceptors (Lipinski definition) is 1. The van der Waals surface area contributed by atoms with Crippen LogP contribution < -0.4 is 0 Å². The molecular weight excluding hydrogens is 227 g/mol.